The van der Waals surface area contributed by atoms with Gasteiger partial charge in [0.25, 0.3) is 10.0 Å². The maximum Gasteiger partial charge on any atom is 0.273 e. The molecule has 17 heavy (non-hydrogen) atoms. The number of rotatable bonds is 3. The van der Waals surface area contributed by atoms with Crippen LogP contribution in [0.25, 0.3) is 0 Å². The van der Waals surface area contributed by atoms with E-state index in [4.69, 9.17) is 11.6 Å². The van der Waals surface area contributed by atoms with Gasteiger partial charge in [-0.15, -0.1) is 0 Å². The minimum absolute atomic E-state index is 0.0884. The van der Waals surface area contributed by atoms with Crippen LogP contribution in [-0.4, -0.2) is 13.4 Å². The number of aromatic nitrogens is 1. The van der Waals surface area contributed by atoms with Gasteiger partial charge in [0.15, 0.2) is 8.68 Å². The van der Waals surface area contributed by atoms with Crippen LogP contribution in [0.3, 0.4) is 0 Å². The molecule has 0 aliphatic rings. The summed E-state index contributed by atoms with van der Waals surface area (Å²) in [6.07, 6.45) is 1.23. The largest absolute Gasteiger partial charge is 0.279 e. The summed E-state index contributed by atoms with van der Waals surface area (Å²) in [6, 6.07) is 6.81. The van der Waals surface area contributed by atoms with Crippen LogP contribution in [0.2, 0.25) is 4.47 Å². The van der Waals surface area contributed by atoms with Gasteiger partial charge in [0.2, 0.25) is 0 Å². The van der Waals surface area contributed by atoms with Gasteiger partial charge in [-0.1, -0.05) is 38.9 Å². The van der Waals surface area contributed by atoms with Crippen molar-refractivity contribution < 1.29 is 8.42 Å². The van der Waals surface area contributed by atoms with E-state index in [1.54, 1.807) is 24.3 Å². The number of thiazole rings is 1. The molecule has 1 N–H and O–H groups in total. The van der Waals surface area contributed by atoms with Gasteiger partial charge in [-0.25, -0.2) is 13.4 Å². The van der Waals surface area contributed by atoms with Crippen molar-refractivity contribution in [1.29, 1.82) is 0 Å². The first-order valence-electron chi connectivity index (χ1n) is 4.37. The molecule has 0 amide bonds. The predicted octanol–water partition coefficient (Wildman–Crippen LogP) is 3.36. The van der Waals surface area contributed by atoms with E-state index in [0.717, 1.165) is 15.8 Å². The molecule has 90 valence electrons. The quantitative estimate of drug-likeness (QED) is 0.920. The maximum absolute atomic E-state index is 11.9. The standard InChI is InChI=1S/C9H6BrClN2O2S2/c10-6-1-3-7(4-2-6)13-17(14,15)8-5-12-9(11)16-8/h1-5,13H. The van der Waals surface area contributed by atoms with Crippen LogP contribution < -0.4 is 4.72 Å². The number of hydrogen-bond donors (Lipinski definition) is 1. The fraction of sp³-hybridized carbons (Fsp3) is 0. The number of nitrogens with zero attached hydrogens (tertiary/aromatic N) is 1. The molecule has 0 saturated carbocycles. The highest BCUT2D eigenvalue weighted by Crippen LogP contribution is 2.25. The van der Waals surface area contributed by atoms with Crippen LogP contribution in [0.5, 0.6) is 0 Å². The fourth-order valence-electron chi connectivity index (χ4n) is 1.09. The fourth-order valence-corrected chi connectivity index (χ4v) is 3.70. The maximum atomic E-state index is 11.9. The summed E-state index contributed by atoms with van der Waals surface area (Å²) < 4.78 is 27.4. The number of anilines is 1. The number of halogens is 2. The van der Waals surface area contributed by atoms with Crippen LogP contribution in [0.15, 0.2) is 39.1 Å². The molecule has 0 spiro atoms. The summed E-state index contributed by atoms with van der Waals surface area (Å²) in [5.74, 6) is 0. The van der Waals surface area contributed by atoms with Gasteiger partial charge < -0.3 is 0 Å². The molecule has 0 aliphatic heterocycles. The minimum atomic E-state index is -3.60. The van der Waals surface area contributed by atoms with Gasteiger partial charge in [0.05, 0.1) is 6.20 Å². The second kappa shape index (κ2) is 4.93. The molecule has 1 heterocycles. The third-order valence-electron chi connectivity index (χ3n) is 1.82. The van der Waals surface area contributed by atoms with Crippen molar-refractivity contribution in [2.75, 3.05) is 4.72 Å². The third-order valence-corrected chi connectivity index (χ3v) is 5.30. The Morgan fingerprint density at radius 1 is 1.29 bits per heavy atom. The number of nitrogens with one attached hydrogen (secondary N) is 1. The van der Waals surface area contributed by atoms with Crippen LogP contribution in [0, 0.1) is 0 Å². The van der Waals surface area contributed by atoms with Crippen LogP contribution >= 0.6 is 38.9 Å². The summed E-state index contributed by atoms with van der Waals surface area (Å²) in [7, 11) is -3.60. The molecule has 2 aromatic rings. The Bertz CT molecular complexity index is 625. The summed E-state index contributed by atoms with van der Waals surface area (Å²) in [6.45, 7) is 0. The molecular formula is C9H6BrClN2O2S2. The van der Waals surface area contributed by atoms with Crippen LogP contribution in [0.4, 0.5) is 5.69 Å². The number of hydrogen-bond acceptors (Lipinski definition) is 4. The van der Waals surface area contributed by atoms with E-state index in [0.29, 0.717) is 5.69 Å². The van der Waals surface area contributed by atoms with Gasteiger partial charge in [-0.2, -0.15) is 0 Å². The Kier molecular flexibility index (Phi) is 3.72. The zero-order valence-electron chi connectivity index (χ0n) is 8.22. The van der Waals surface area contributed by atoms with E-state index in [9.17, 15) is 8.42 Å². The lowest BCUT2D eigenvalue weighted by Gasteiger charge is -2.05. The average Bonchev–Trinajstić information content (AvgIpc) is 2.69. The second-order valence-electron chi connectivity index (χ2n) is 3.04. The van der Waals surface area contributed by atoms with E-state index in [2.05, 4.69) is 25.6 Å². The molecule has 0 atom stereocenters. The van der Waals surface area contributed by atoms with E-state index in [-0.39, 0.29) is 8.68 Å². The lowest BCUT2D eigenvalue weighted by Crippen LogP contribution is -2.11. The highest BCUT2D eigenvalue weighted by atomic mass is 79.9. The van der Waals surface area contributed by atoms with E-state index >= 15 is 0 Å². The molecule has 0 bridgehead atoms. The highest BCUT2D eigenvalue weighted by molar-refractivity contribution is 9.10. The van der Waals surface area contributed by atoms with Crippen molar-refractivity contribution in [2.24, 2.45) is 0 Å². The molecule has 2 rings (SSSR count). The zero-order valence-corrected chi connectivity index (χ0v) is 12.2. The summed E-state index contributed by atoms with van der Waals surface area (Å²) >= 11 is 9.78. The van der Waals surface area contributed by atoms with Crippen molar-refractivity contribution in [1.82, 2.24) is 4.98 Å². The average molecular weight is 354 g/mol. The van der Waals surface area contributed by atoms with E-state index in [1.165, 1.54) is 6.20 Å². The summed E-state index contributed by atoms with van der Waals surface area (Å²) in [4.78, 5) is 3.70. The summed E-state index contributed by atoms with van der Waals surface area (Å²) in [5.41, 5.74) is 0.484. The lowest BCUT2D eigenvalue weighted by molar-refractivity contribution is 0.603. The second-order valence-corrected chi connectivity index (χ2v) is 7.48. The minimum Gasteiger partial charge on any atom is -0.279 e. The Morgan fingerprint density at radius 3 is 2.47 bits per heavy atom. The van der Waals surface area contributed by atoms with Gasteiger partial charge >= 0.3 is 0 Å². The zero-order chi connectivity index (χ0) is 12.5. The van der Waals surface area contributed by atoms with Gasteiger partial charge in [0.1, 0.15) is 0 Å². The Morgan fingerprint density at radius 2 is 1.94 bits per heavy atom. The SMILES string of the molecule is O=S(=O)(Nc1ccc(Br)cc1)c1cnc(Cl)s1. The van der Waals surface area contributed by atoms with Gasteiger partial charge in [-0.05, 0) is 24.3 Å². The predicted molar refractivity (Wildman–Crippen MR) is 72.1 cm³/mol. The molecule has 1 aromatic carbocycles. The first-order valence-corrected chi connectivity index (χ1v) is 7.84. The highest BCUT2D eigenvalue weighted by Gasteiger charge is 2.17. The Balaban J connectivity index is 2.26. The number of benzene rings is 1. The lowest BCUT2D eigenvalue weighted by atomic mass is 10.3. The van der Waals surface area contributed by atoms with Crippen molar-refractivity contribution in [3.05, 3.63) is 39.4 Å². The van der Waals surface area contributed by atoms with Crippen LogP contribution in [-0.2, 0) is 10.0 Å². The smallest absolute Gasteiger partial charge is 0.273 e. The van der Waals surface area contributed by atoms with E-state index < -0.39 is 10.0 Å². The van der Waals surface area contributed by atoms with E-state index in [1.807, 2.05) is 0 Å². The Labute approximate surface area is 116 Å². The molecular weight excluding hydrogens is 348 g/mol. The molecule has 0 fully saturated rings. The topological polar surface area (TPSA) is 59.1 Å². The molecule has 0 aliphatic carbocycles. The first-order chi connectivity index (χ1) is 7.97. The molecule has 8 heteroatoms. The van der Waals surface area contributed by atoms with Crippen molar-refractivity contribution in [3.8, 4) is 0 Å². The van der Waals surface area contributed by atoms with Crippen LogP contribution in [0.1, 0.15) is 0 Å². The Hall–Kier alpha value is -0.630. The normalized spacial score (nSPS) is 11.4. The first kappa shape index (κ1) is 12.8. The summed E-state index contributed by atoms with van der Waals surface area (Å²) in [5, 5.41) is 0. The van der Waals surface area contributed by atoms with Crippen molar-refractivity contribution in [2.45, 2.75) is 4.21 Å². The van der Waals surface area contributed by atoms with Crippen molar-refractivity contribution in [3.63, 3.8) is 0 Å². The molecule has 0 radical (unpaired) electrons. The molecule has 1 aromatic heterocycles. The molecule has 0 unspecified atom stereocenters. The molecule has 4 nitrogen and oxygen atoms in total. The van der Waals surface area contributed by atoms with Gasteiger partial charge in [-0.3, -0.25) is 4.72 Å². The number of sulfonamides is 1. The third kappa shape index (κ3) is 3.19. The van der Waals surface area contributed by atoms with Gasteiger partial charge in [0, 0.05) is 10.2 Å². The molecule has 0 saturated heterocycles. The monoisotopic (exact) mass is 352 g/mol. The van der Waals surface area contributed by atoms with Crippen molar-refractivity contribution >= 4 is 54.6 Å².